The fraction of sp³-hybridized carbons (Fsp3) is 0.545. The van der Waals surface area contributed by atoms with Crippen molar-refractivity contribution >= 4 is 17.4 Å². The van der Waals surface area contributed by atoms with Gasteiger partial charge in [-0.2, -0.15) is 0 Å². The van der Waals surface area contributed by atoms with Gasteiger partial charge in [-0.15, -0.1) is 0 Å². The van der Waals surface area contributed by atoms with Crippen molar-refractivity contribution in [2.75, 3.05) is 11.9 Å². The van der Waals surface area contributed by atoms with E-state index in [0.29, 0.717) is 17.2 Å². The molecule has 0 radical (unpaired) electrons. The summed E-state index contributed by atoms with van der Waals surface area (Å²) in [5.41, 5.74) is 0. The minimum atomic E-state index is 0.318. The van der Waals surface area contributed by atoms with Gasteiger partial charge in [0.25, 0.3) is 0 Å². The van der Waals surface area contributed by atoms with Crippen LogP contribution in [0.5, 0.6) is 0 Å². The average molecular weight is 227 g/mol. The maximum absolute atomic E-state index is 6.02. The Morgan fingerprint density at radius 2 is 2.47 bits per heavy atom. The highest BCUT2D eigenvalue weighted by Gasteiger charge is 2.19. The van der Waals surface area contributed by atoms with Gasteiger partial charge in [-0.05, 0) is 31.9 Å². The zero-order valence-electron chi connectivity index (χ0n) is 8.74. The van der Waals surface area contributed by atoms with Gasteiger partial charge in [-0.25, -0.2) is 4.98 Å². The molecule has 0 aliphatic carbocycles. The standard InChI is InChI=1S/C11H15ClN2O/c1-8-7-9(4-6-15-8)14-11-10(12)3-2-5-13-11/h2-3,5,8-9H,4,6-7H2,1H3,(H,13,14). The predicted molar refractivity (Wildman–Crippen MR) is 61.3 cm³/mol. The molecule has 1 N–H and O–H groups in total. The number of pyridine rings is 1. The van der Waals surface area contributed by atoms with Crippen molar-refractivity contribution < 1.29 is 4.74 Å². The Balaban J connectivity index is 1.99. The van der Waals surface area contributed by atoms with E-state index in [9.17, 15) is 0 Å². The molecule has 0 aromatic carbocycles. The third kappa shape index (κ3) is 2.83. The van der Waals surface area contributed by atoms with Gasteiger partial charge in [-0.3, -0.25) is 0 Å². The van der Waals surface area contributed by atoms with Crippen LogP contribution in [0, 0.1) is 0 Å². The maximum Gasteiger partial charge on any atom is 0.144 e. The van der Waals surface area contributed by atoms with E-state index < -0.39 is 0 Å². The Morgan fingerprint density at radius 3 is 3.20 bits per heavy atom. The highest BCUT2D eigenvalue weighted by molar-refractivity contribution is 6.32. The van der Waals surface area contributed by atoms with Gasteiger partial charge in [0.15, 0.2) is 0 Å². The second-order valence-electron chi connectivity index (χ2n) is 3.88. The molecule has 15 heavy (non-hydrogen) atoms. The van der Waals surface area contributed by atoms with Crippen LogP contribution in [0.15, 0.2) is 18.3 Å². The van der Waals surface area contributed by atoms with Gasteiger partial charge in [0, 0.05) is 18.8 Å². The topological polar surface area (TPSA) is 34.2 Å². The van der Waals surface area contributed by atoms with Crippen LogP contribution in [0.2, 0.25) is 5.02 Å². The van der Waals surface area contributed by atoms with Crippen molar-refractivity contribution in [1.82, 2.24) is 4.98 Å². The minimum Gasteiger partial charge on any atom is -0.378 e. The summed E-state index contributed by atoms with van der Waals surface area (Å²) in [5, 5.41) is 4.03. The van der Waals surface area contributed by atoms with Crippen molar-refractivity contribution in [3.8, 4) is 0 Å². The molecule has 1 aromatic heterocycles. The molecule has 2 rings (SSSR count). The lowest BCUT2D eigenvalue weighted by Gasteiger charge is -2.28. The number of ether oxygens (including phenoxy) is 1. The number of nitrogens with zero attached hydrogens (tertiary/aromatic N) is 1. The van der Waals surface area contributed by atoms with E-state index in [1.54, 1.807) is 6.20 Å². The normalized spacial score (nSPS) is 26.3. The van der Waals surface area contributed by atoms with Crippen molar-refractivity contribution in [2.45, 2.75) is 31.9 Å². The van der Waals surface area contributed by atoms with Gasteiger partial charge >= 0.3 is 0 Å². The Morgan fingerprint density at radius 1 is 1.60 bits per heavy atom. The molecule has 1 fully saturated rings. The SMILES string of the molecule is CC1CC(Nc2ncccc2Cl)CCO1. The van der Waals surface area contributed by atoms with Gasteiger partial charge in [-0.1, -0.05) is 11.6 Å². The van der Waals surface area contributed by atoms with Crippen LogP contribution in [0.1, 0.15) is 19.8 Å². The van der Waals surface area contributed by atoms with Gasteiger partial charge in [0.2, 0.25) is 0 Å². The summed E-state index contributed by atoms with van der Waals surface area (Å²) in [6, 6.07) is 4.10. The number of hydrogen-bond donors (Lipinski definition) is 1. The van der Waals surface area contributed by atoms with Crippen LogP contribution >= 0.6 is 11.6 Å². The first-order chi connectivity index (χ1) is 7.25. The lowest BCUT2D eigenvalue weighted by Crippen LogP contribution is -2.32. The molecule has 82 valence electrons. The maximum atomic E-state index is 6.02. The van der Waals surface area contributed by atoms with E-state index in [-0.39, 0.29) is 0 Å². The molecule has 0 saturated carbocycles. The molecular formula is C11H15ClN2O. The molecule has 0 amide bonds. The predicted octanol–water partition coefficient (Wildman–Crippen LogP) is 2.71. The summed E-state index contributed by atoms with van der Waals surface area (Å²) in [5.74, 6) is 0.776. The van der Waals surface area contributed by atoms with Crippen molar-refractivity contribution in [1.29, 1.82) is 0 Å². The number of aromatic nitrogens is 1. The van der Waals surface area contributed by atoms with E-state index in [1.165, 1.54) is 0 Å². The highest BCUT2D eigenvalue weighted by atomic mass is 35.5. The minimum absolute atomic E-state index is 0.318. The summed E-state index contributed by atoms with van der Waals surface area (Å²) >= 11 is 6.02. The van der Waals surface area contributed by atoms with Crippen LogP contribution in [0.25, 0.3) is 0 Å². The fourth-order valence-electron chi connectivity index (χ4n) is 1.81. The van der Waals surface area contributed by atoms with E-state index >= 15 is 0 Å². The number of nitrogens with one attached hydrogen (secondary N) is 1. The second-order valence-corrected chi connectivity index (χ2v) is 4.29. The third-order valence-corrected chi connectivity index (χ3v) is 2.89. The number of anilines is 1. The van der Waals surface area contributed by atoms with E-state index in [0.717, 1.165) is 25.3 Å². The molecule has 4 heteroatoms. The van der Waals surface area contributed by atoms with Gasteiger partial charge < -0.3 is 10.1 Å². The first-order valence-electron chi connectivity index (χ1n) is 5.24. The first-order valence-corrected chi connectivity index (χ1v) is 5.62. The third-order valence-electron chi connectivity index (χ3n) is 2.58. The Bertz CT molecular complexity index is 332. The zero-order valence-corrected chi connectivity index (χ0v) is 9.50. The van der Waals surface area contributed by atoms with Crippen LogP contribution in [-0.2, 0) is 4.74 Å². The van der Waals surface area contributed by atoms with E-state index in [2.05, 4.69) is 17.2 Å². The smallest absolute Gasteiger partial charge is 0.144 e. The second kappa shape index (κ2) is 4.81. The Labute approximate surface area is 94.8 Å². The molecule has 0 spiro atoms. The van der Waals surface area contributed by atoms with Crippen LogP contribution in [0.4, 0.5) is 5.82 Å². The molecular weight excluding hydrogens is 212 g/mol. The molecule has 3 nitrogen and oxygen atoms in total. The first kappa shape index (κ1) is 10.7. The lowest BCUT2D eigenvalue weighted by atomic mass is 10.0. The molecule has 0 bridgehead atoms. The fourth-order valence-corrected chi connectivity index (χ4v) is 1.99. The summed E-state index contributed by atoms with van der Waals surface area (Å²) in [6.07, 6.45) is 4.08. The summed E-state index contributed by atoms with van der Waals surface area (Å²) in [7, 11) is 0. The zero-order chi connectivity index (χ0) is 10.7. The van der Waals surface area contributed by atoms with Crippen molar-refractivity contribution in [3.63, 3.8) is 0 Å². The molecule has 2 unspecified atom stereocenters. The molecule has 1 aliphatic rings. The molecule has 1 aliphatic heterocycles. The van der Waals surface area contributed by atoms with Crippen LogP contribution in [-0.4, -0.2) is 23.7 Å². The van der Waals surface area contributed by atoms with E-state index in [1.807, 2.05) is 12.1 Å². The summed E-state index contributed by atoms with van der Waals surface area (Å²) in [4.78, 5) is 4.21. The number of rotatable bonds is 2. The summed E-state index contributed by atoms with van der Waals surface area (Å²) in [6.45, 7) is 2.90. The van der Waals surface area contributed by atoms with Gasteiger partial charge in [0.05, 0.1) is 11.1 Å². The van der Waals surface area contributed by atoms with Crippen LogP contribution < -0.4 is 5.32 Å². The quantitative estimate of drug-likeness (QED) is 0.842. The molecule has 2 atom stereocenters. The highest BCUT2D eigenvalue weighted by Crippen LogP contribution is 2.22. The average Bonchev–Trinajstić information content (AvgIpc) is 2.22. The summed E-state index contributed by atoms with van der Waals surface area (Å²) < 4.78 is 5.48. The number of hydrogen-bond acceptors (Lipinski definition) is 3. The van der Waals surface area contributed by atoms with Crippen molar-refractivity contribution in [3.05, 3.63) is 23.4 Å². The van der Waals surface area contributed by atoms with Crippen molar-refractivity contribution in [2.24, 2.45) is 0 Å². The lowest BCUT2D eigenvalue weighted by molar-refractivity contribution is 0.0232. The molecule has 1 aromatic rings. The monoisotopic (exact) mass is 226 g/mol. The molecule has 1 saturated heterocycles. The number of halogens is 1. The van der Waals surface area contributed by atoms with Gasteiger partial charge in [0.1, 0.15) is 5.82 Å². The van der Waals surface area contributed by atoms with E-state index in [4.69, 9.17) is 16.3 Å². The Kier molecular flexibility index (Phi) is 3.44. The largest absolute Gasteiger partial charge is 0.378 e. The molecule has 2 heterocycles. The Hall–Kier alpha value is -0.800. The van der Waals surface area contributed by atoms with Crippen LogP contribution in [0.3, 0.4) is 0 Å².